The molecular formula is C20H22N2O. The van der Waals surface area contributed by atoms with E-state index in [-0.39, 0.29) is 11.8 Å². The molecule has 3 nitrogen and oxygen atoms in total. The highest BCUT2D eigenvalue weighted by molar-refractivity contribution is 5.96. The summed E-state index contributed by atoms with van der Waals surface area (Å²) in [4.78, 5) is 18.1. The van der Waals surface area contributed by atoms with Crippen LogP contribution >= 0.6 is 0 Å². The Bertz CT molecular complexity index is 804. The Balaban J connectivity index is 2.11. The topological polar surface area (TPSA) is 32.7 Å². The molecule has 0 radical (unpaired) electrons. The van der Waals surface area contributed by atoms with Crippen molar-refractivity contribution in [1.82, 2.24) is 0 Å². The van der Waals surface area contributed by atoms with Gasteiger partial charge in [0.15, 0.2) is 0 Å². The highest BCUT2D eigenvalue weighted by Gasteiger charge is 2.16. The Hall–Kier alpha value is -2.42. The molecule has 3 heteroatoms. The van der Waals surface area contributed by atoms with Gasteiger partial charge in [0.1, 0.15) is 0 Å². The van der Waals surface area contributed by atoms with E-state index in [2.05, 4.69) is 48.3 Å². The van der Waals surface area contributed by atoms with Gasteiger partial charge in [-0.3, -0.25) is 9.79 Å². The van der Waals surface area contributed by atoms with Gasteiger partial charge in [-0.15, -0.1) is 0 Å². The zero-order valence-electron chi connectivity index (χ0n) is 13.9. The van der Waals surface area contributed by atoms with Gasteiger partial charge in [-0.1, -0.05) is 37.3 Å². The third-order valence-corrected chi connectivity index (χ3v) is 4.49. The molecule has 1 heterocycles. The van der Waals surface area contributed by atoms with E-state index in [0.717, 1.165) is 17.8 Å². The minimum atomic E-state index is 0.0699. The second-order valence-corrected chi connectivity index (χ2v) is 5.91. The van der Waals surface area contributed by atoms with Gasteiger partial charge in [0.05, 0.1) is 0 Å². The summed E-state index contributed by atoms with van der Waals surface area (Å²) in [7, 11) is 0. The molecule has 0 fully saturated rings. The molecule has 0 bridgehead atoms. The van der Waals surface area contributed by atoms with Crippen LogP contribution in [0.1, 0.15) is 38.7 Å². The number of nitrogens with zero attached hydrogens (tertiary/aromatic N) is 2. The number of hydrogen-bond donors (Lipinski definition) is 0. The Labute approximate surface area is 137 Å². The first kappa shape index (κ1) is 15.5. The summed E-state index contributed by atoms with van der Waals surface area (Å²) >= 11 is 0. The van der Waals surface area contributed by atoms with Crippen LogP contribution in [0, 0.1) is 0 Å². The molecular weight excluding hydrogens is 284 g/mol. The number of carbonyl (C=O) groups excluding carboxylic acids is 1. The lowest BCUT2D eigenvalue weighted by Gasteiger charge is -2.21. The lowest BCUT2D eigenvalue weighted by Crippen LogP contribution is -2.27. The van der Waals surface area contributed by atoms with Crippen LogP contribution in [0.5, 0.6) is 0 Å². The van der Waals surface area contributed by atoms with Crippen LogP contribution in [0.2, 0.25) is 0 Å². The summed E-state index contributed by atoms with van der Waals surface area (Å²) in [6, 6.07) is 12.6. The molecule has 1 aliphatic rings. The van der Waals surface area contributed by atoms with Crippen LogP contribution in [0.15, 0.2) is 53.2 Å². The summed E-state index contributed by atoms with van der Waals surface area (Å²) in [5.41, 5.74) is 3.34. The number of fused-ring (bicyclic) bond motifs is 1. The second-order valence-electron chi connectivity index (χ2n) is 5.91. The number of allylic oxidation sites excluding steroid dienone is 2. The molecule has 0 N–H and O–H groups in total. The van der Waals surface area contributed by atoms with Crippen LogP contribution in [0.4, 0.5) is 5.69 Å². The molecule has 0 aromatic heterocycles. The minimum Gasteiger partial charge on any atom is -0.313 e. The van der Waals surface area contributed by atoms with Crippen LogP contribution < -0.4 is 4.90 Å². The lowest BCUT2D eigenvalue weighted by atomic mass is 9.92. The van der Waals surface area contributed by atoms with Gasteiger partial charge in [-0.05, 0) is 35.4 Å². The summed E-state index contributed by atoms with van der Waals surface area (Å²) in [6.07, 6.45) is 5.06. The fourth-order valence-corrected chi connectivity index (χ4v) is 3.25. The minimum absolute atomic E-state index is 0.0699. The summed E-state index contributed by atoms with van der Waals surface area (Å²) < 4.78 is 0. The van der Waals surface area contributed by atoms with Crippen molar-refractivity contribution in [1.29, 1.82) is 0 Å². The SMILES string of the molecule is CCN(C(C)=O)c1ccc2cccc(C(C)C3=CCC=N3)c2c1. The van der Waals surface area contributed by atoms with E-state index >= 15 is 0 Å². The average Bonchev–Trinajstić information content (AvgIpc) is 3.08. The van der Waals surface area contributed by atoms with Crippen molar-refractivity contribution in [3.8, 4) is 0 Å². The number of anilines is 1. The van der Waals surface area contributed by atoms with Gasteiger partial charge in [-0.2, -0.15) is 0 Å². The number of amides is 1. The Morgan fingerprint density at radius 1 is 1.30 bits per heavy atom. The molecule has 2 aromatic rings. The van der Waals surface area contributed by atoms with Crippen molar-refractivity contribution in [3.63, 3.8) is 0 Å². The Morgan fingerprint density at radius 3 is 2.78 bits per heavy atom. The van der Waals surface area contributed by atoms with E-state index < -0.39 is 0 Å². The van der Waals surface area contributed by atoms with Gasteiger partial charge in [0.25, 0.3) is 0 Å². The highest BCUT2D eigenvalue weighted by atomic mass is 16.2. The quantitative estimate of drug-likeness (QED) is 0.807. The van der Waals surface area contributed by atoms with Gasteiger partial charge >= 0.3 is 0 Å². The Morgan fingerprint density at radius 2 is 2.13 bits per heavy atom. The third-order valence-electron chi connectivity index (χ3n) is 4.49. The highest BCUT2D eigenvalue weighted by Crippen LogP contribution is 2.34. The van der Waals surface area contributed by atoms with E-state index in [1.54, 1.807) is 11.8 Å². The van der Waals surface area contributed by atoms with Crippen LogP contribution in [-0.2, 0) is 4.79 Å². The number of rotatable bonds is 4. The molecule has 1 unspecified atom stereocenters. The molecule has 0 saturated heterocycles. The van der Waals surface area contributed by atoms with E-state index in [4.69, 9.17) is 0 Å². The lowest BCUT2D eigenvalue weighted by molar-refractivity contribution is -0.116. The van der Waals surface area contributed by atoms with E-state index in [9.17, 15) is 4.79 Å². The average molecular weight is 306 g/mol. The molecule has 0 spiro atoms. The predicted octanol–water partition coefficient (Wildman–Crippen LogP) is 4.67. The monoisotopic (exact) mass is 306 g/mol. The summed E-state index contributed by atoms with van der Waals surface area (Å²) in [5, 5.41) is 2.39. The maximum absolute atomic E-state index is 11.8. The Kier molecular flexibility index (Phi) is 4.28. The fourth-order valence-electron chi connectivity index (χ4n) is 3.25. The van der Waals surface area contributed by atoms with Crippen LogP contribution in [0.3, 0.4) is 0 Å². The van der Waals surface area contributed by atoms with E-state index in [1.165, 1.54) is 16.3 Å². The fraction of sp³-hybridized carbons (Fsp3) is 0.300. The number of carbonyl (C=O) groups is 1. The van der Waals surface area contributed by atoms with Gasteiger partial charge < -0.3 is 4.90 Å². The van der Waals surface area contributed by atoms with Gasteiger partial charge in [0.2, 0.25) is 5.91 Å². The molecule has 2 aromatic carbocycles. The molecule has 118 valence electrons. The van der Waals surface area contributed by atoms with Crippen molar-refractivity contribution >= 4 is 28.6 Å². The first-order chi connectivity index (χ1) is 11.1. The molecule has 0 saturated carbocycles. The molecule has 1 atom stereocenters. The first-order valence-corrected chi connectivity index (χ1v) is 8.15. The van der Waals surface area contributed by atoms with E-state index in [0.29, 0.717) is 6.54 Å². The van der Waals surface area contributed by atoms with Crippen LogP contribution in [0.25, 0.3) is 10.8 Å². The van der Waals surface area contributed by atoms with Crippen LogP contribution in [-0.4, -0.2) is 18.7 Å². The molecule has 1 amide bonds. The van der Waals surface area contributed by atoms with E-state index in [1.807, 2.05) is 19.2 Å². The number of hydrogen-bond acceptors (Lipinski definition) is 2. The van der Waals surface area contributed by atoms with Crippen molar-refractivity contribution in [2.24, 2.45) is 4.99 Å². The summed E-state index contributed by atoms with van der Waals surface area (Å²) in [6.45, 7) is 6.48. The molecule has 23 heavy (non-hydrogen) atoms. The van der Waals surface area contributed by atoms with Crippen molar-refractivity contribution in [3.05, 3.63) is 53.7 Å². The second kappa shape index (κ2) is 6.37. The first-order valence-electron chi connectivity index (χ1n) is 8.15. The van der Waals surface area contributed by atoms with Crippen molar-refractivity contribution in [2.75, 3.05) is 11.4 Å². The normalized spacial score (nSPS) is 14.8. The molecule has 0 aliphatic carbocycles. The number of benzene rings is 2. The standard InChI is InChI=1S/C20H22N2O/c1-4-22(15(3)23)17-11-10-16-7-5-8-18(19(16)13-17)14(2)20-9-6-12-21-20/h5,7-14H,4,6H2,1-3H3. The molecule has 1 aliphatic heterocycles. The predicted molar refractivity (Wildman–Crippen MR) is 97.3 cm³/mol. The zero-order chi connectivity index (χ0) is 16.4. The molecule has 3 rings (SSSR count). The maximum Gasteiger partial charge on any atom is 0.223 e. The summed E-state index contributed by atoms with van der Waals surface area (Å²) in [5.74, 6) is 0.320. The number of aliphatic imine (C=N–C) groups is 1. The van der Waals surface area contributed by atoms with Crippen molar-refractivity contribution in [2.45, 2.75) is 33.1 Å². The zero-order valence-corrected chi connectivity index (χ0v) is 13.9. The third kappa shape index (κ3) is 2.91. The maximum atomic E-state index is 11.8. The van der Waals surface area contributed by atoms with Gasteiger partial charge in [0, 0.05) is 43.4 Å². The smallest absolute Gasteiger partial charge is 0.223 e. The largest absolute Gasteiger partial charge is 0.313 e. The van der Waals surface area contributed by atoms with Gasteiger partial charge in [-0.25, -0.2) is 0 Å². The van der Waals surface area contributed by atoms with Crippen molar-refractivity contribution < 1.29 is 4.79 Å².